The molecule has 1 aliphatic carbocycles. The third-order valence-electron chi connectivity index (χ3n) is 3.26. The van der Waals surface area contributed by atoms with Crippen LogP contribution in [0.5, 0.6) is 0 Å². The van der Waals surface area contributed by atoms with Crippen molar-refractivity contribution in [2.75, 3.05) is 0 Å². The Morgan fingerprint density at radius 3 is 2.65 bits per heavy atom. The van der Waals surface area contributed by atoms with Crippen molar-refractivity contribution in [2.45, 2.75) is 44.4 Å². The van der Waals surface area contributed by atoms with Crippen molar-refractivity contribution < 1.29 is 8.42 Å². The van der Waals surface area contributed by atoms with Gasteiger partial charge in [-0.3, -0.25) is 9.25 Å². The van der Waals surface area contributed by atoms with Gasteiger partial charge >= 0.3 is 0 Å². The highest BCUT2D eigenvalue weighted by molar-refractivity contribution is 7.89. The molecule has 0 amide bonds. The third-order valence-corrected chi connectivity index (χ3v) is 4.05. The van der Waals surface area contributed by atoms with Gasteiger partial charge in [0.05, 0.1) is 5.69 Å². The summed E-state index contributed by atoms with van der Waals surface area (Å²) in [5.74, 6) is 0.513. The summed E-state index contributed by atoms with van der Waals surface area (Å²) in [6, 6.07) is 1.98. The molecule has 20 heavy (non-hydrogen) atoms. The predicted octanol–water partition coefficient (Wildman–Crippen LogP) is 0.452. The first-order valence-electron chi connectivity index (χ1n) is 6.44. The van der Waals surface area contributed by atoms with Crippen LogP contribution >= 0.6 is 0 Å². The summed E-state index contributed by atoms with van der Waals surface area (Å²) < 4.78 is 26.7. The molecule has 0 radical (unpaired) electrons. The summed E-state index contributed by atoms with van der Waals surface area (Å²) in [6.45, 7) is 4.52. The van der Waals surface area contributed by atoms with Crippen molar-refractivity contribution in [1.82, 2.24) is 24.5 Å². The Balaban J connectivity index is 2.22. The number of rotatable bonds is 4. The molecule has 0 atom stereocenters. The van der Waals surface area contributed by atoms with Crippen LogP contribution in [0.25, 0.3) is 11.5 Å². The standard InChI is InChI=1S/C11H16N6O2S/c1-3-16-9(6-7(2)15-16)10-13-14-11(20(12,18)19)17(10)8-4-5-8/h6,8H,3-5H2,1-2H3,(H2,12,18,19). The Bertz CT molecular complexity index is 756. The fourth-order valence-corrected chi connectivity index (χ4v) is 2.94. The van der Waals surface area contributed by atoms with Gasteiger partial charge in [-0.05, 0) is 32.8 Å². The number of nitrogens with zero attached hydrogens (tertiary/aromatic N) is 5. The highest BCUT2D eigenvalue weighted by Crippen LogP contribution is 2.39. The third kappa shape index (κ3) is 2.12. The van der Waals surface area contributed by atoms with Gasteiger partial charge in [0, 0.05) is 12.6 Å². The minimum Gasteiger partial charge on any atom is -0.292 e. The fraction of sp³-hybridized carbons (Fsp3) is 0.545. The van der Waals surface area contributed by atoms with Gasteiger partial charge in [0.15, 0.2) is 5.82 Å². The topological polar surface area (TPSA) is 109 Å². The van der Waals surface area contributed by atoms with Gasteiger partial charge < -0.3 is 0 Å². The van der Waals surface area contributed by atoms with Crippen molar-refractivity contribution in [1.29, 1.82) is 0 Å². The van der Waals surface area contributed by atoms with Gasteiger partial charge in [-0.15, -0.1) is 10.2 Å². The first-order valence-corrected chi connectivity index (χ1v) is 7.99. The normalized spacial score (nSPS) is 15.8. The molecule has 0 aromatic carbocycles. The van der Waals surface area contributed by atoms with E-state index in [4.69, 9.17) is 5.14 Å². The summed E-state index contributed by atoms with van der Waals surface area (Å²) >= 11 is 0. The molecule has 8 nitrogen and oxygen atoms in total. The fourth-order valence-electron chi connectivity index (χ4n) is 2.27. The molecule has 108 valence electrons. The van der Waals surface area contributed by atoms with Crippen LogP contribution in [-0.2, 0) is 16.6 Å². The number of primary sulfonamides is 1. The molecule has 0 unspecified atom stereocenters. The lowest BCUT2D eigenvalue weighted by Crippen LogP contribution is -2.18. The zero-order chi connectivity index (χ0) is 14.5. The van der Waals surface area contributed by atoms with Crippen molar-refractivity contribution in [3.63, 3.8) is 0 Å². The highest BCUT2D eigenvalue weighted by Gasteiger charge is 2.34. The van der Waals surface area contributed by atoms with E-state index >= 15 is 0 Å². The highest BCUT2D eigenvalue weighted by atomic mass is 32.2. The molecular formula is C11H16N6O2S. The van der Waals surface area contributed by atoms with Crippen LogP contribution in [0.2, 0.25) is 0 Å². The van der Waals surface area contributed by atoms with Crippen molar-refractivity contribution in [3.05, 3.63) is 11.8 Å². The van der Waals surface area contributed by atoms with E-state index in [0.717, 1.165) is 24.2 Å². The van der Waals surface area contributed by atoms with Crippen LogP contribution in [-0.4, -0.2) is 33.0 Å². The molecular weight excluding hydrogens is 280 g/mol. The molecule has 0 aliphatic heterocycles. The summed E-state index contributed by atoms with van der Waals surface area (Å²) in [7, 11) is -3.88. The van der Waals surface area contributed by atoms with E-state index < -0.39 is 10.0 Å². The van der Waals surface area contributed by atoms with E-state index in [1.807, 2.05) is 19.9 Å². The van der Waals surface area contributed by atoms with Crippen LogP contribution < -0.4 is 5.14 Å². The monoisotopic (exact) mass is 296 g/mol. The number of hydrogen-bond acceptors (Lipinski definition) is 5. The maximum atomic E-state index is 11.6. The van der Waals surface area contributed by atoms with E-state index in [9.17, 15) is 8.42 Å². The van der Waals surface area contributed by atoms with E-state index in [2.05, 4.69) is 15.3 Å². The molecule has 0 spiro atoms. The Labute approximate surface area is 116 Å². The van der Waals surface area contributed by atoms with Crippen LogP contribution in [0.3, 0.4) is 0 Å². The smallest absolute Gasteiger partial charge is 0.273 e. The second kappa shape index (κ2) is 4.38. The van der Waals surface area contributed by atoms with Crippen LogP contribution in [0.4, 0.5) is 0 Å². The molecule has 3 rings (SSSR count). The number of sulfonamides is 1. The van der Waals surface area contributed by atoms with Gasteiger partial charge in [-0.1, -0.05) is 0 Å². The van der Waals surface area contributed by atoms with Crippen molar-refractivity contribution in [3.8, 4) is 11.5 Å². The molecule has 9 heteroatoms. The van der Waals surface area contributed by atoms with Crippen LogP contribution in [0.15, 0.2) is 11.2 Å². The number of aryl methyl sites for hydroxylation is 2. The molecule has 1 fully saturated rings. The Hall–Kier alpha value is -1.74. The van der Waals surface area contributed by atoms with Gasteiger partial charge in [0.1, 0.15) is 5.69 Å². The Morgan fingerprint density at radius 1 is 1.40 bits per heavy atom. The van der Waals surface area contributed by atoms with E-state index in [0.29, 0.717) is 12.4 Å². The molecule has 1 saturated carbocycles. The summed E-state index contributed by atoms with van der Waals surface area (Å²) in [4.78, 5) is 0. The van der Waals surface area contributed by atoms with E-state index in [1.54, 1.807) is 9.25 Å². The lowest BCUT2D eigenvalue weighted by atomic mass is 10.3. The van der Waals surface area contributed by atoms with Gasteiger partial charge in [0.2, 0.25) is 0 Å². The molecule has 2 heterocycles. The predicted molar refractivity (Wildman–Crippen MR) is 71.3 cm³/mol. The largest absolute Gasteiger partial charge is 0.292 e. The van der Waals surface area contributed by atoms with Crippen molar-refractivity contribution >= 4 is 10.0 Å². The zero-order valence-electron chi connectivity index (χ0n) is 11.3. The minimum atomic E-state index is -3.88. The van der Waals surface area contributed by atoms with E-state index in [-0.39, 0.29) is 11.2 Å². The maximum Gasteiger partial charge on any atom is 0.273 e. The molecule has 2 N–H and O–H groups in total. The first-order chi connectivity index (χ1) is 9.41. The molecule has 0 saturated heterocycles. The van der Waals surface area contributed by atoms with Crippen LogP contribution in [0, 0.1) is 6.92 Å². The Kier molecular flexibility index (Phi) is 2.91. The average molecular weight is 296 g/mol. The second-order valence-corrected chi connectivity index (χ2v) is 6.39. The Morgan fingerprint density at radius 2 is 2.10 bits per heavy atom. The minimum absolute atomic E-state index is 0.105. The maximum absolute atomic E-state index is 11.6. The first kappa shape index (κ1) is 13.3. The summed E-state index contributed by atoms with van der Waals surface area (Å²) in [6.07, 6.45) is 1.82. The van der Waals surface area contributed by atoms with Crippen LogP contribution in [0.1, 0.15) is 31.5 Å². The number of aromatic nitrogens is 5. The molecule has 1 aliphatic rings. The lowest BCUT2D eigenvalue weighted by molar-refractivity contribution is 0.566. The van der Waals surface area contributed by atoms with Gasteiger partial charge in [-0.2, -0.15) is 5.10 Å². The molecule has 0 bridgehead atoms. The zero-order valence-corrected chi connectivity index (χ0v) is 12.1. The number of hydrogen-bond donors (Lipinski definition) is 1. The van der Waals surface area contributed by atoms with Gasteiger partial charge in [-0.25, -0.2) is 13.6 Å². The average Bonchev–Trinajstić information content (AvgIpc) is 2.98. The second-order valence-electron chi connectivity index (χ2n) is 4.94. The quantitative estimate of drug-likeness (QED) is 0.881. The van der Waals surface area contributed by atoms with Crippen molar-refractivity contribution in [2.24, 2.45) is 5.14 Å². The molecule has 2 aromatic rings. The lowest BCUT2D eigenvalue weighted by Gasteiger charge is -2.08. The number of nitrogens with two attached hydrogens (primary N) is 1. The summed E-state index contributed by atoms with van der Waals surface area (Å²) in [5, 5.41) is 17.2. The van der Waals surface area contributed by atoms with Gasteiger partial charge in [0.25, 0.3) is 15.2 Å². The molecule has 2 aromatic heterocycles. The summed E-state index contributed by atoms with van der Waals surface area (Å²) in [5.41, 5.74) is 1.61. The SMILES string of the molecule is CCn1nc(C)cc1-c1nnc(S(N)(=O)=O)n1C1CC1. The van der Waals surface area contributed by atoms with E-state index in [1.165, 1.54) is 0 Å².